The van der Waals surface area contributed by atoms with E-state index >= 15 is 0 Å². The summed E-state index contributed by atoms with van der Waals surface area (Å²) in [5.74, 6) is 1.00. The summed E-state index contributed by atoms with van der Waals surface area (Å²) in [5, 5.41) is 0. The maximum atomic E-state index is 5.93. The average molecular weight is 304 g/mol. The summed E-state index contributed by atoms with van der Waals surface area (Å²) < 4.78 is 11.4. The van der Waals surface area contributed by atoms with Crippen LogP contribution in [-0.4, -0.2) is 19.8 Å². The molecule has 0 aliphatic heterocycles. The predicted molar refractivity (Wildman–Crippen MR) is 95.5 cm³/mol. The van der Waals surface area contributed by atoms with Crippen LogP contribution in [0, 0.1) is 0 Å². The molecular weight excluding hydrogens is 272 g/mol. The molecule has 124 valence electrons. The molecule has 1 aromatic rings. The summed E-state index contributed by atoms with van der Waals surface area (Å²) >= 11 is 0. The number of hydrogen-bond acceptors (Lipinski definition) is 2. The van der Waals surface area contributed by atoms with Gasteiger partial charge in [0.05, 0.1) is 6.61 Å². The Morgan fingerprint density at radius 1 is 0.864 bits per heavy atom. The number of unbranched alkanes of at least 4 members (excludes halogenated alkanes) is 4. The van der Waals surface area contributed by atoms with Gasteiger partial charge in [0.15, 0.2) is 0 Å². The molecule has 0 unspecified atom stereocenters. The average Bonchev–Trinajstić information content (AvgIpc) is 2.55. The van der Waals surface area contributed by atoms with Crippen molar-refractivity contribution in [1.82, 2.24) is 0 Å². The number of benzene rings is 1. The van der Waals surface area contributed by atoms with E-state index in [2.05, 4.69) is 44.2 Å². The van der Waals surface area contributed by atoms with Crippen LogP contribution < -0.4 is 4.74 Å². The first-order valence-electron chi connectivity index (χ1n) is 8.84. The van der Waals surface area contributed by atoms with Gasteiger partial charge in [-0.05, 0) is 38.2 Å². The van der Waals surface area contributed by atoms with E-state index in [9.17, 15) is 0 Å². The first kappa shape index (κ1) is 18.8. The fourth-order valence-electron chi connectivity index (χ4n) is 2.21. The molecule has 0 aliphatic rings. The van der Waals surface area contributed by atoms with Gasteiger partial charge in [0.2, 0.25) is 0 Å². The fourth-order valence-corrected chi connectivity index (χ4v) is 2.21. The molecule has 0 aliphatic carbocycles. The van der Waals surface area contributed by atoms with Gasteiger partial charge < -0.3 is 9.47 Å². The van der Waals surface area contributed by atoms with Crippen molar-refractivity contribution in [3.63, 3.8) is 0 Å². The highest BCUT2D eigenvalue weighted by molar-refractivity contribution is 5.57. The van der Waals surface area contributed by atoms with Gasteiger partial charge in [-0.1, -0.05) is 57.0 Å². The Morgan fingerprint density at radius 2 is 1.64 bits per heavy atom. The van der Waals surface area contributed by atoms with Crippen molar-refractivity contribution in [2.75, 3.05) is 19.8 Å². The molecule has 1 aromatic carbocycles. The van der Waals surface area contributed by atoms with Crippen molar-refractivity contribution in [3.05, 3.63) is 35.9 Å². The van der Waals surface area contributed by atoms with Crippen molar-refractivity contribution >= 4 is 6.08 Å². The lowest BCUT2D eigenvalue weighted by atomic mass is 10.1. The second kappa shape index (κ2) is 13.4. The largest absolute Gasteiger partial charge is 0.493 e. The molecule has 2 heteroatoms. The lowest BCUT2D eigenvalue weighted by molar-refractivity contribution is 0.130. The minimum atomic E-state index is 0.800. The summed E-state index contributed by atoms with van der Waals surface area (Å²) in [4.78, 5) is 0. The first-order valence-corrected chi connectivity index (χ1v) is 8.84. The zero-order valence-electron chi connectivity index (χ0n) is 14.4. The predicted octanol–water partition coefficient (Wildman–Crippen LogP) is 5.87. The van der Waals surface area contributed by atoms with Crippen molar-refractivity contribution in [2.24, 2.45) is 0 Å². The lowest BCUT2D eigenvalue weighted by Gasteiger charge is -2.09. The summed E-state index contributed by atoms with van der Waals surface area (Å²) in [7, 11) is 0. The molecule has 0 saturated heterocycles. The third-order valence-electron chi connectivity index (χ3n) is 3.46. The number of para-hydroxylation sites is 1. The van der Waals surface area contributed by atoms with Crippen LogP contribution in [0.4, 0.5) is 0 Å². The zero-order valence-corrected chi connectivity index (χ0v) is 14.4. The Hall–Kier alpha value is -1.28. The number of ether oxygens (including phenoxy) is 2. The molecule has 0 bridgehead atoms. The van der Waals surface area contributed by atoms with Crippen LogP contribution in [0.25, 0.3) is 6.08 Å². The Balaban J connectivity index is 2.16. The Labute approximate surface area is 136 Å². The molecular formula is C20H32O2. The van der Waals surface area contributed by atoms with Crippen molar-refractivity contribution < 1.29 is 9.47 Å². The van der Waals surface area contributed by atoms with Crippen LogP contribution in [0.2, 0.25) is 0 Å². The van der Waals surface area contributed by atoms with Crippen molar-refractivity contribution in [3.8, 4) is 5.75 Å². The fraction of sp³-hybridized carbons (Fsp3) is 0.600. The summed E-state index contributed by atoms with van der Waals surface area (Å²) in [6, 6.07) is 8.28. The van der Waals surface area contributed by atoms with Crippen molar-refractivity contribution in [1.29, 1.82) is 0 Å². The summed E-state index contributed by atoms with van der Waals surface area (Å²) in [5.41, 5.74) is 1.18. The maximum absolute atomic E-state index is 5.93. The van der Waals surface area contributed by atoms with Crippen LogP contribution in [-0.2, 0) is 4.74 Å². The van der Waals surface area contributed by atoms with Crippen LogP contribution in [0.1, 0.15) is 64.4 Å². The molecule has 0 atom stereocenters. The highest BCUT2D eigenvalue weighted by Crippen LogP contribution is 2.20. The second-order valence-corrected chi connectivity index (χ2v) is 5.60. The topological polar surface area (TPSA) is 18.5 Å². The first-order chi connectivity index (χ1) is 10.9. The monoisotopic (exact) mass is 304 g/mol. The van der Waals surface area contributed by atoms with E-state index < -0.39 is 0 Å². The highest BCUT2D eigenvalue weighted by Gasteiger charge is 1.99. The Bertz CT molecular complexity index is 398. The van der Waals surface area contributed by atoms with Crippen LogP contribution >= 0.6 is 0 Å². The molecule has 22 heavy (non-hydrogen) atoms. The molecule has 0 heterocycles. The van der Waals surface area contributed by atoms with Crippen LogP contribution in [0.5, 0.6) is 5.75 Å². The van der Waals surface area contributed by atoms with E-state index in [1.54, 1.807) is 0 Å². The van der Waals surface area contributed by atoms with E-state index in [-0.39, 0.29) is 0 Å². The van der Waals surface area contributed by atoms with Crippen LogP contribution in [0.3, 0.4) is 0 Å². The minimum Gasteiger partial charge on any atom is -0.493 e. The number of hydrogen-bond donors (Lipinski definition) is 0. The number of allylic oxidation sites excluding steroid dienone is 1. The standard InChI is InChI=1S/C20H32O2/c1-3-5-8-13-19-14-9-10-15-20(19)22-18-12-7-6-11-17-21-16-4-2/h8-10,13-15H,3-7,11-12,16-18H2,1-2H3/b13-8+. The molecule has 0 N–H and O–H groups in total. The smallest absolute Gasteiger partial charge is 0.126 e. The van der Waals surface area contributed by atoms with Crippen LogP contribution in [0.15, 0.2) is 30.3 Å². The van der Waals surface area contributed by atoms with E-state index in [0.717, 1.165) is 51.3 Å². The van der Waals surface area contributed by atoms with E-state index in [4.69, 9.17) is 9.47 Å². The molecule has 0 fully saturated rings. The highest BCUT2D eigenvalue weighted by atomic mass is 16.5. The molecule has 0 amide bonds. The molecule has 0 aromatic heterocycles. The van der Waals surface area contributed by atoms with Gasteiger partial charge >= 0.3 is 0 Å². The minimum absolute atomic E-state index is 0.800. The normalized spacial score (nSPS) is 11.2. The van der Waals surface area contributed by atoms with Gasteiger partial charge in [-0.3, -0.25) is 0 Å². The van der Waals surface area contributed by atoms with Gasteiger partial charge in [0.25, 0.3) is 0 Å². The maximum Gasteiger partial charge on any atom is 0.126 e. The van der Waals surface area contributed by atoms with Gasteiger partial charge in [-0.25, -0.2) is 0 Å². The van der Waals surface area contributed by atoms with Gasteiger partial charge in [0, 0.05) is 18.8 Å². The van der Waals surface area contributed by atoms with E-state index in [0.29, 0.717) is 0 Å². The van der Waals surface area contributed by atoms with Crippen molar-refractivity contribution in [2.45, 2.75) is 58.8 Å². The lowest BCUT2D eigenvalue weighted by Crippen LogP contribution is -2.00. The summed E-state index contributed by atoms with van der Waals surface area (Å²) in [6.45, 7) is 6.94. The number of rotatable bonds is 13. The van der Waals surface area contributed by atoms with E-state index in [1.165, 1.54) is 24.8 Å². The molecule has 1 rings (SSSR count). The SMILES string of the molecule is CCC/C=C/c1ccccc1OCCCCCCOCCC. The molecule has 0 spiro atoms. The third-order valence-corrected chi connectivity index (χ3v) is 3.46. The quantitative estimate of drug-likeness (QED) is 0.425. The second-order valence-electron chi connectivity index (χ2n) is 5.60. The molecule has 0 saturated carbocycles. The Kier molecular flexibility index (Phi) is 11.4. The van der Waals surface area contributed by atoms with Gasteiger partial charge in [0.1, 0.15) is 5.75 Å². The molecule has 2 nitrogen and oxygen atoms in total. The van der Waals surface area contributed by atoms with E-state index in [1.807, 2.05) is 6.07 Å². The van der Waals surface area contributed by atoms with Gasteiger partial charge in [-0.2, -0.15) is 0 Å². The Morgan fingerprint density at radius 3 is 2.41 bits per heavy atom. The third kappa shape index (κ3) is 8.89. The molecule has 0 radical (unpaired) electrons. The van der Waals surface area contributed by atoms with Gasteiger partial charge in [-0.15, -0.1) is 0 Å². The summed E-state index contributed by atoms with van der Waals surface area (Å²) in [6.07, 6.45) is 12.5. The zero-order chi connectivity index (χ0) is 15.9.